The van der Waals surface area contributed by atoms with E-state index in [2.05, 4.69) is 10.6 Å². The summed E-state index contributed by atoms with van der Waals surface area (Å²) in [6.45, 7) is 0. The maximum Gasteiger partial charge on any atom is 0.333 e. The zero-order chi connectivity index (χ0) is 23.1. The highest BCUT2D eigenvalue weighted by molar-refractivity contribution is 5.85. The standard InChI is InChI=1S/C24H27FN2O5/c1-31-19-14-16(8-9-18(19)25)15-24(13-11-21(29)27-24)12-10-20(28)26-22(23(30)32-2)17-6-4-3-5-7-17/h3-9,14,22H,10-13,15H2,1-2H3,(H,26,28)(H,27,29)/t22-,24+/m0/s1. The molecule has 2 atom stereocenters. The highest BCUT2D eigenvalue weighted by atomic mass is 19.1. The van der Waals surface area contributed by atoms with Crippen molar-refractivity contribution in [3.05, 3.63) is 65.5 Å². The minimum atomic E-state index is -0.913. The van der Waals surface area contributed by atoms with Crippen LogP contribution >= 0.6 is 0 Å². The predicted octanol–water partition coefficient (Wildman–Crippen LogP) is 2.84. The van der Waals surface area contributed by atoms with Gasteiger partial charge in [-0.3, -0.25) is 9.59 Å². The van der Waals surface area contributed by atoms with Gasteiger partial charge in [0.15, 0.2) is 17.6 Å². The van der Waals surface area contributed by atoms with E-state index < -0.39 is 23.4 Å². The van der Waals surface area contributed by atoms with Crippen LogP contribution in [-0.4, -0.2) is 37.5 Å². The van der Waals surface area contributed by atoms with E-state index in [1.54, 1.807) is 36.4 Å². The molecular formula is C24H27FN2O5. The van der Waals surface area contributed by atoms with Gasteiger partial charge in [0.1, 0.15) is 0 Å². The first-order chi connectivity index (χ1) is 15.4. The Morgan fingerprint density at radius 1 is 1.19 bits per heavy atom. The Kier molecular flexibility index (Phi) is 7.45. The fourth-order valence-electron chi connectivity index (χ4n) is 4.01. The summed E-state index contributed by atoms with van der Waals surface area (Å²) in [5.74, 6) is -1.32. The first kappa shape index (κ1) is 23.2. The molecule has 1 aliphatic heterocycles. The largest absolute Gasteiger partial charge is 0.494 e. The lowest BCUT2D eigenvalue weighted by atomic mass is 9.84. The number of nitrogens with one attached hydrogen (secondary N) is 2. The average molecular weight is 442 g/mol. The Hall–Kier alpha value is -3.42. The van der Waals surface area contributed by atoms with E-state index in [-0.39, 0.29) is 24.0 Å². The second-order valence-electron chi connectivity index (χ2n) is 7.91. The molecule has 1 fully saturated rings. The number of amides is 2. The Labute approximate surface area is 186 Å². The van der Waals surface area contributed by atoms with Crippen molar-refractivity contribution in [2.75, 3.05) is 14.2 Å². The maximum atomic E-state index is 13.8. The van der Waals surface area contributed by atoms with Crippen LogP contribution < -0.4 is 15.4 Å². The summed E-state index contributed by atoms with van der Waals surface area (Å²) in [4.78, 5) is 36.9. The monoisotopic (exact) mass is 442 g/mol. The number of hydrogen-bond acceptors (Lipinski definition) is 5. The Morgan fingerprint density at radius 2 is 1.94 bits per heavy atom. The number of halogens is 1. The Balaban J connectivity index is 1.70. The Bertz CT molecular complexity index is 982. The number of benzene rings is 2. The SMILES string of the molecule is COC(=O)[C@@H](NC(=O)CC[C@]1(Cc2ccc(F)c(OC)c2)CCC(=O)N1)c1ccccc1. The molecule has 170 valence electrons. The van der Waals surface area contributed by atoms with Crippen LogP contribution in [0.15, 0.2) is 48.5 Å². The summed E-state index contributed by atoms with van der Waals surface area (Å²) in [5.41, 5.74) is 0.780. The van der Waals surface area contributed by atoms with Crippen LogP contribution in [0.2, 0.25) is 0 Å². The van der Waals surface area contributed by atoms with Crippen molar-refractivity contribution in [1.29, 1.82) is 0 Å². The van der Waals surface area contributed by atoms with Crippen LogP contribution in [0.1, 0.15) is 42.9 Å². The van der Waals surface area contributed by atoms with Gasteiger partial charge in [0.05, 0.1) is 14.2 Å². The molecule has 2 N–H and O–H groups in total. The second-order valence-corrected chi connectivity index (χ2v) is 7.91. The fourth-order valence-corrected chi connectivity index (χ4v) is 4.01. The summed E-state index contributed by atoms with van der Waals surface area (Å²) in [7, 11) is 2.66. The second kappa shape index (κ2) is 10.3. The van der Waals surface area contributed by atoms with E-state index in [0.717, 1.165) is 5.56 Å². The van der Waals surface area contributed by atoms with Gasteiger partial charge in [-0.25, -0.2) is 9.18 Å². The number of rotatable bonds is 9. The molecule has 0 aliphatic carbocycles. The summed E-state index contributed by atoms with van der Waals surface area (Å²) in [5, 5.41) is 5.73. The molecule has 2 aromatic rings. The minimum absolute atomic E-state index is 0.0868. The summed E-state index contributed by atoms with van der Waals surface area (Å²) < 4.78 is 23.7. The molecule has 0 radical (unpaired) electrons. The summed E-state index contributed by atoms with van der Waals surface area (Å²) >= 11 is 0. The predicted molar refractivity (Wildman–Crippen MR) is 115 cm³/mol. The minimum Gasteiger partial charge on any atom is -0.494 e. The quantitative estimate of drug-likeness (QED) is 0.583. The third kappa shape index (κ3) is 5.63. The van der Waals surface area contributed by atoms with Crippen LogP contribution in [0.4, 0.5) is 4.39 Å². The van der Waals surface area contributed by atoms with Crippen molar-refractivity contribution in [2.45, 2.75) is 43.7 Å². The molecule has 0 saturated carbocycles. The molecule has 1 aliphatic rings. The smallest absolute Gasteiger partial charge is 0.333 e. The van der Waals surface area contributed by atoms with Gasteiger partial charge >= 0.3 is 5.97 Å². The van der Waals surface area contributed by atoms with E-state index in [9.17, 15) is 18.8 Å². The average Bonchev–Trinajstić information content (AvgIpc) is 3.17. The lowest BCUT2D eigenvalue weighted by Gasteiger charge is -2.30. The van der Waals surface area contributed by atoms with Gasteiger partial charge in [-0.05, 0) is 42.5 Å². The third-order valence-electron chi connectivity index (χ3n) is 5.70. The lowest BCUT2D eigenvalue weighted by Crippen LogP contribution is -2.45. The van der Waals surface area contributed by atoms with Gasteiger partial charge in [0.25, 0.3) is 0 Å². The number of esters is 1. The highest BCUT2D eigenvalue weighted by Gasteiger charge is 2.38. The number of methoxy groups -OCH3 is 2. The number of carbonyl (C=O) groups is 3. The van der Waals surface area contributed by atoms with Crippen molar-refractivity contribution >= 4 is 17.8 Å². The van der Waals surface area contributed by atoms with Crippen molar-refractivity contribution in [3.63, 3.8) is 0 Å². The number of ether oxygens (including phenoxy) is 2. The zero-order valence-electron chi connectivity index (χ0n) is 18.2. The number of carbonyl (C=O) groups excluding carboxylic acids is 3. The molecule has 1 heterocycles. The first-order valence-electron chi connectivity index (χ1n) is 10.4. The van der Waals surface area contributed by atoms with Crippen LogP contribution in [0.5, 0.6) is 5.75 Å². The van der Waals surface area contributed by atoms with Crippen LogP contribution in [0, 0.1) is 5.82 Å². The van der Waals surface area contributed by atoms with Gasteiger partial charge in [-0.2, -0.15) is 0 Å². The molecule has 1 saturated heterocycles. The highest BCUT2D eigenvalue weighted by Crippen LogP contribution is 2.31. The molecule has 0 spiro atoms. The molecule has 7 nitrogen and oxygen atoms in total. The van der Waals surface area contributed by atoms with Crippen LogP contribution in [0.3, 0.4) is 0 Å². The van der Waals surface area contributed by atoms with E-state index in [4.69, 9.17) is 9.47 Å². The molecule has 0 bridgehead atoms. The number of hydrogen-bond donors (Lipinski definition) is 2. The van der Waals surface area contributed by atoms with Gasteiger partial charge in [0.2, 0.25) is 11.8 Å². The van der Waals surface area contributed by atoms with Gasteiger partial charge in [-0.15, -0.1) is 0 Å². The van der Waals surface area contributed by atoms with Crippen molar-refractivity contribution in [1.82, 2.24) is 10.6 Å². The van der Waals surface area contributed by atoms with E-state index in [0.29, 0.717) is 31.2 Å². The van der Waals surface area contributed by atoms with E-state index in [1.165, 1.54) is 20.3 Å². The summed E-state index contributed by atoms with van der Waals surface area (Å²) in [6, 6.07) is 12.5. The third-order valence-corrected chi connectivity index (χ3v) is 5.70. The summed E-state index contributed by atoms with van der Waals surface area (Å²) in [6.07, 6.45) is 1.81. The molecule has 2 amide bonds. The molecule has 8 heteroatoms. The fraction of sp³-hybridized carbons (Fsp3) is 0.375. The van der Waals surface area contributed by atoms with Crippen molar-refractivity contribution in [3.8, 4) is 5.75 Å². The van der Waals surface area contributed by atoms with E-state index >= 15 is 0 Å². The van der Waals surface area contributed by atoms with Gasteiger partial charge in [0, 0.05) is 18.4 Å². The maximum absolute atomic E-state index is 13.8. The molecule has 32 heavy (non-hydrogen) atoms. The van der Waals surface area contributed by atoms with E-state index in [1.807, 2.05) is 6.07 Å². The molecule has 0 unspecified atom stereocenters. The molecular weight excluding hydrogens is 415 g/mol. The van der Waals surface area contributed by atoms with Crippen molar-refractivity contribution in [2.24, 2.45) is 0 Å². The molecule has 2 aromatic carbocycles. The van der Waals surface area contributed by atoms with Crippen LogP contribution in [0.25, 0.3) is 0 Å². The normalized spacial score (nSPS) is 18.5. The Morgan fingerprint density at radius 3 is 2.56 bits per heavy atom. The van der Waals surface area contributed by atoms with Gasteiger partial charge < -0.3 is 20.1 Å². The topological polar surface area (TPSA) is 93.7 Å². The van der Waals surface area contributed by atoms with Gasteiger partial charge in [-0.1, -0.05) is 36.4 Å². The lowest BCUT2D eigenvalue weighted by molar-refractivity contribution is -0.145. The van der Waals surface area contributed by atoms with Crippen LogP contribution in [-0.2, 0) is 25.5 Å². The molecule has 0 aromatic heterocycles. The first-order valence-corrected chi connectivity index (χ1v) is 10.4. The molecule has 3 rings (SSSR count). The zero-order valence-corrected chi connectivity index (χ0v) is 18.2. The van der Waals surface area contributed by atoms with Crippen molar-refractivity contribution < 1.29 is 28.2 Å².